The second-order valence-electron chi connectivity index (χ2n) is 8.36. The fraction of sp³-hybridized carbons (Fsp3) is 0.167. The molecule has 0 aliphatic heterocycles. The Hall–Kier alpha value is -4.45. The van der Waals surface area contributed by atoms with Crippen LogP contribution < -0.4 is 4.74 Å². The average Bonchev–Trinajstić information content (AvgIpc) is 2.87. The zero-order valence-corrected chi connectivity index (χ0v) is 20.6. The highest BCUT2D eigenvalue weighted by Crippen LogP contribution is 2.29. The van der Waals surface area contributed by atoms with Gasteiger partial charge in [0.1, 0.15) is 19.0 Å². The average molecular weight is 485 g/mol. The molecule has 6 heteroatoms. The van der Waals surface area contributed by atoms with Crippen molar-refractivity contribution in [1.82, 2.24) is 0 Å². The molecule has 3 rings (SSSR count). The summed E-state index contributed by atoms with van der Waals surface area (Å²) in [5, 5.41) is 0. The molecule has 3 aromatic carbocycles. The number of aryl methyl sites for hydroxylation is 1. The van der Waals surface area contributed by atoms with Gasteiger partial charge in [-0.25, -0.2) is 14.4 Å². The zero-order valence-electron chi connectivity index (χ0n) is 20.6. The van der Waals surface area contributed by atoms with E-state index in [0.717, 1.165) is 27.8 Å². The van der Waals surface area contributed by atoms with Gasteiger partial charge in [-0.15, -0.1) is 0 Å². The molecule has 0 saturated heterocycles. The van der Waals surface area contributed by atoms with Gasteiger partial charge >= 0.3 is 17.9 Å². The zero-order chi connectivity index (χ0) is 26.2. The van der Waals surface area contributed by atoms with Crippen LogP contribution in [0.25, 0.3) is 22.3 Å². The number of ether oxygens (including phenoxy) is 3. The Kier molecular flexibility index (Phi) is 8.57. The summed E-state index contributed by atoms with van der Waals surface area (Å²) >= 11 is 0. The highest BCUT2D eigenvalue weighted by Gasteiger charge is 2.11. The summed E-state index contributed by atoms with van der Waals surface area (Å²) in [4.78, 5) is 35.3. The van der Waals surface area contributed by atoms with Gasteiger partial charge in [-0.3, -0.25) is 0 Å². The lowest BCUT2D eigenvalue weighted by atomic mass is 9.98. The van der Waals surface area contributed by atoms with E-state index in [4.69, 9.17) is 14.2 Å². The SMILES string of the molecule is C=C(C)C(=O)OCCOC(=O)c1ccc(-c2ccc(-c3ccc(OC(=O)C(=C)C)c(C)c3)cc2)cc1. The smallest absolute Gasteiger partial charge is 0.338 e. The number of hydrogen-bond acceptors (Lipinski definition) is 6. The Balaban J connectivity index is 1.61. The van der Waals surface area contributed by atoms with Gasteiger partial charge in [0.25, 0.3) is 0 Å². The third kappa shape index (κ3) is 6.79. The standard InChI is InChI=1S/C30H28O6/c1-19(2)28(31)34-16-17-35-30(33)25-12-10-23(11-13-25)22-6-8-24(9-7-22)26-14-15-27(21(5)18-26)36-29(32)20(3)4/h6-15,18H,1,3,16-17H2,2,4-5H3. The summed E-state index contributed by atoms with van der Waals surface area (Å²) in [7, 11) is 0. The molecule has 3 aromatic rings. The van der Waals surface area contributed by atoms with Crippen molar-refractivity contribution in [2.45, 2.75) is 20.8 Å². The van der Waals surface area contributed by atoms with Crippen LogP contribution in [0.2, 0.25) is 0 Å². The van der Waals surface area contributed by atoms with E-state index in [1.165, 1.54) is 0 Å². The van der Waals surface area contributed by atoms with Gasteiger partial charge < -0.3 is 14.2 Å². The van der Waals surface area contributed by atoms with Crippen LogP contribution in [0.1, 0.15) is 29.8 Å². The lowest BCUT2D eigenvalue weighted by molar-refractivity contribution is -0.140. The lowest BCUT2D eigenvalue weighted by Crippen LogP contribution is -2.14. The molecule has 0 heterocycles. The first-order chi connectivity index (χ1) is 17.2. The number of esters is 3. The van der Waals surface area contributed by atoms with Crippen LogP contribution in [0.5, 0.6) is 5.75 Å². The highest BCUT2D eigenvalue weighted by atomic mass is 16.6. The molecular weight excluding hydrogens is 456 g/mol. The van der Waals surface area contributed by atoms with Crippen molar-refractivity contribution in [2.24, 2.45) is 0 Å². The maximum Gasteiger partial charge on any atom is 0.338 e. The summed E-state index contributed by atoms with van der Waals surface area (Å²) < 4.78 is 15.4. The maximum atomic E-state index is 12.2. The molecule has 6 nitrogen and oxygen atoms in total. The van der Waals surface area contributed by atoms with Crippen LogP contribution >= 0.6 is 0 Å². The first-order valence-electron chi connectivity index (χ1n) is 11.3. The molecule has 0 radical (unpaired) electrons. The summed E-state index contributed by atoms with van der Waals surface area (Å²) in [6.45, 7) is 12.1. The molecule has 0 amide bonds. The summed E-state index contributed by atoms with van der Waals surface area (Å²) in [5.74, 6) is -0.942. The van der Waals surface area contributed by atoms with Crippen molar-refractivity contribution in [3.05, 3.63) is 102 Å². The van der Waals surface area contributed by atoms with Gasteiger partial charge in [0.2, 0.25) is 0 Å². The van der Waals surface area contributed by atoms with E-state index in [9.17, 15) is 14.4 Å². The number of carbonyl (C=O) groups excluding carboxylic acids is 3. The lowest BCUT2D eigenvalue weighted by Gasteiger charge is -2.10. The first kappa shape index (κ1) is 26.2. The molecule has 0 bridgehead atoms. The van der Waals surface area contributed by atoms with Crippen LogP contribution in [-0.4, -0.2) is 31.1 Å². The topological polar surface area (TPSA) is 78.9 Å². The summed E-state index contributed by atoms with van der Waals surface area (Å²) in [6, 6.07) is 20.8. The Labute approximate surface area is 210 Å². The van der Waals surface area contributed by atoms with E-state index < -0.39 is 17.9 Å². The van der Waals surface area contributed by atoms with Crippen LogP contribution in [0.15, 0.2) is 91.0 Å². The van der Waals surface area contributed by atoms with Gasteiger partial charge in [-0.2, -0.15) is 0 Å². The molecular formula is C30H28O6. The van der Waals surface area contributed by atoms with E-state index in [1.54, 1.807) is 32.0 Å². The molecule has 0 atom stereocenters. The normalized spacial score (nSPS) is 10.3. The predicted molar refractivity (Wildman–Crippen MR) is 139 cm³/mol. The van der Waals surface area contributed by atoms with Crippen molar-refractivity contribution in [2.75, 3.05) is 13.2 Å². The molecule has 36 heavy (non-hydrogen) atoms. The molecule has 0 saturated carbocycles. The third-order valence-corrected chi connectivity index (χ3v) is 5.30. The van der Waals surface area contributed by atoms with Crippen LogP contribution in [0.4, 0.5) is 0 Å². The summed E-state index contributed by atoms with van der Waals surface area (Å²) in [5.41, 5.74) is 5.86. The predicted octanol–water partition coefficient (Wildman–Crippen LogP) is 6.09. The Morgan fingerprint density at radius 1 is 0.667 bits per heavy atom. The number of benzene rings is 3. The van der Waals surface area contributed by atoms with E-state index >= 15 is 0 Å². The van der Waals surface area contributed by atoms with E-state index in [1.807, 2.05) is 55.5 Å². The van der Waals surface area contributed by atoms with E-state index in [2.05, 4.69) is 13.2 Å². The minimum Gasteiger partial charge on any atom is -0.459 e. The minimum atomic E-state index is -0.516. The van der Waals surface area contributed by atoms with Crippen LogP contribution in [0.3, 0.4) is 0 Å². The van der Waals surface area contributed by atoms with Crippen molar-refractivity contribution >= 4 is 17.9 Å². The second-order valence-corrected chi connectivity index (χ2v) is 8.36. The first-order valence-corrected chi connectivity index (χ1v) is 11.3. The Bertz CT molecular complexity index is 1300. The second kappa shape index (κ2) is 11.8. The molecule has 0 fully saturated rings. The van der Waals surface area contributed by atoms with Gasteiger partial charge in [-0.1, -0.05) is 55.6 Å². The van der Waals surface area contributed by atoms with Gasteiger partial charge in [0.05, 0.1) is 5.56 Å². The molecule has 0 aliphatic rings. The van der Waals surface area contributed by atoms with E-state index in [-0.39, 0.29) is 13.2 Å². The fourth-order valence-electron chi connectivity index (χ4n) is 3.26. The minimum absolute atomic E-state index is 0.0240. The Morgan fingerprint density at radius 3 is 1.67 bits per heavy atom. The molecule has 184 valence electrons. The number of rotatable bonds is 9. The molecule has 0 spiro atoms. The van der Waals surface area contributed by atoms with Crippen LogP contribution in [0, 0.1) is 6.92 Å². The van der Waals surface area contributed by atoms with Crippen molar-refractivity contribution in [3.63, 3.8) is 0 Å². The van der Waals surface area contributed by atoms with Gasteiger partial charge in [0, 0.05) is 11.1 Å². The largest absolute Gasteiger partial charge is 0.459 e. The third-order valence-electron chi connectivity index (χ3n) is 5.30. The Morgan fingerprint density at radius 2 is 1.14 bits per heavy atom. The maximum absolute atomic E-state index is 12.2. The van der Waals surface area contributed by atoms with Crippen molar-refractivity contribution < 1.29 is 28.6 Å². The van der Waals surface area contributed by atoms with E-state index in [0.29, 0.717) is 22.5 Å². The fourth-order valence-corrected chi connectivity index (χ4v) is 3.26. The molecule has 0 aromatic heterocycles. The number of hydrogen-bond donors (Lipinski definition) is 0. The highest BCUT2D eigenvalue weighted by molar-refractivity contribution is 5.90. The quantitative estimate of drug-likeness (QED) is 0.158. The summed E-state index contributed by atoms with van der Waals surface area (Å²) in [6.07, 6.45) is 0. The monoisotopic (exact) mass is 484 g/mol. The molecule has 0 unspecified atom stereocenters. The number of carbonyl (C=O) groups is 3. The van der Waals surface area contributed by atoms with Crippen molar-refractivity contribution in [3.8, 4) is 28.0 Å². The molecule has 0 N–H and O–H groups in total. The van der Waals surface area contributed by atoms with Gasteiger partial charge in [0.15, 0.2) is 0 Å². The van der Waals surface area contributed by atoms with Crippen molar-refractivity contribution in [1.29, 1.82) is 0 Å². The van der Waals surface area contributed by atoms with Crippen LogP contribution in [-0.2, 0) is 19.1 Å². The van der Waals surface area contributed by atoms with Gasteiger partial charge in [-0.05, 0) is 72.9 Å². The molecule has 0 aliphatic carbocycles.